The third-order valence-electron chi connectivity index (χ3n) is 4.92. The lowest BCUT2D eigenvalue weighted by Gasteiger charge is -2.38. The van der Waals surface area contributed by atoms with Crippen molar-refractivity contribution in [1.29, 1.82) is 0 Å². The molecule has 3 rings (SSSR count). The second-order valence-electron chi connectivity index (χ2n) is 7.62. The van der Waals surface area contributed by atoms with E-state index >= 15 is 0 Å². The number of nitrogens with one attached hydrogen (secondary N) is 1. The van der Waals surface area contributed by atoms with E-state index in [0.717, 1.165) is 28.2 Å². The fourth-order valence-corrected chi connectivity index (χ4v) is 3.32. The molecular weight excluding hydrogens is 326 g/mol. The molecule has 4 heteroatoms. The molecule has 0 unspecified atom stereocenters. The van der Waals surface area contributed by atoms with E-state index in [1.807, 2.05) is 70.2 Å². The molecule has 0 bridgehead atoms. The van der Waals surface area contributed by atoms with E-state index in [9.17, 15) is 4.79 Å². The lowest BCUT2D eigenvalue weighted by molar-refractivity contribution is -0.128. The van der Waals surface area contributed by atoms with Gasteiger partial charge in [0.15, 0.2) is 6.10 Å². The molecule has 2 atom stereocenters. The van der Waals surface area contributed by atoms with Crippen molar-refractivity contribution in [1.82, 2.24) is 5.32 Å². The van der Waals surface area contributed by atoms with Crippen molar-refractivity contribution >= 4 is 5.91 Å². The first-order valence-corrected chi connectivity index (χ1v) is 9.08. The average molecular weight is 353 g/mol. The summed E-state index contributed by atoms with van der Waals surface area (Å²) >= 11 is 0. The fraction of sp³-hybridized carbons (Fsp3) is 0.409. The molecule has 4 nitrogen and oxygen atoms in total. The number of benzene rings is 2. The number of rotatable bonds is 4. The molecule has 138 valence electrons. The summed E-state index contributed by atoms with van der Waals surface area (Å²) in [6, 6.07) is 13.7. The molecule has 1 aliphatic rings. The largest absolute Gasteiger partial charge is 0.487 e. The van der Waals surface area contributed by atoms with Gasteiger partial charge in [0.1, 0.15) is 17.1 Å². The Bertz CT molecular complexity index is 813. The third-order valence-corrected chi connectivity index (χ3v) is 4.92. The second kappa shape index (κ2) is 7.02. The van der Waals surface area contributed by atoms with E-state index < -0.39 is 6.10 Å². The van der Waals surface area contributed by atoms with Crippen LogP contribution in [0.4, 0.5) is 0 Å². The van der Waals surface area contributed by atoms with E-state index in [1.54, 1.807) is 6.92 Å². The monoisotopic (exact) mass is 353 g/mol. The van der Waals surface area contributed by atoms with Crippen LogP contribution in [0.1, 0.15) is 49.9 Å². The Hall–Kier alpha value is -2.49. The Morgan fingerprint density at radius 2 is 1.92 bits per heavy atom. The minimum atomic E-state index is -0.575. The first-order chi connectivity index (χ1) is 12.3. The van der Waals surface area contributed by atoms with E-state index in [4.69, 9.17) is 9.47 Å². The lowest BCUT2D eigenvalue weighted by Crippen LogP contribution is -2.44. The van der Waals surface area contributed by atoms with E-state index in [0.29, 0.717) is 6.42 Å². The number of ether oxygens (including phenoxy) is 2. The van der Waals surface area contributed by atoms with Gasteiger partial charge in [0, 0.05) is 12.0 Å². The number of aryl methyl sites for hydroxylation is 1. The number of para-hydroxylation sites is 1. The van der Waals surface area contributed by atoms with Gasteiger partial charge in [0.05, 0.1) is 6.04 Å². The highest BCUT2D eigenvalue weighted by atomic mass is 16.5. The Balaban J connectivity index is 1.74. The van der Waals surface area contributed by atoms with Gasteiger partial charge in [-0.15, -0.1) is 0 Å². The SMILES string of the molecule is Cc1cccc(O[C@H](C)C(=O)N[C@H]2CC(C)(C)Oc3ccccc32)c1C. The molecule has 0 spiro atoms. The van der Waals surface area contributed by atoms with Gasteiger partial charge in [0.25, 0.3) is 5.91 Å². The van der Waals surface area contributed by atoms with Crippen molar-refractivity contribution in [3.05, 3.63) is 59.2 Å². The molecule has 0 aromatic heterocycles. The van der Waals surface area contributed by atoms with Gasteiger partial charge < -0.3 is 14.8 Å². The number of hydrogen-bond donors (Lipinski definition) is 1. The zero-order valence-corrected chi connectivity index (χ0v) is 16.1. The summed E-state index contributed by atoms with van der Waals surface area (Å²) in [5.41, 5.74) is 2.89. The highest BCUT2D eigenvalue weighted by Gasteiger charge is 2.35. The Morgan fingerprint density at radius 1 is 1.19 bits per heavy atom. The van der Waals surface area contributed by atoms with E-state index in [1.165, 1.54) is 0 Å². The molecular formula is C22H27NO3. The van der Waals surface area contributed by atoms with Crippen LogP contribution in [0.15, 0.2) is 42.5 Å². The third kappa shape index (κ3) is 3.85. The second-order valence-corrected chi connectivity index (χ2v) is 7.62. The van der Waals surface area contributed by atoms with Crippen LogP contribution >= 0.6 is 0 Å². The molecule has 1 N–H and O–H groups in total. The molecule has 0 saturated carbocycles. The number of fused-ring (bicyclic) bond motifs is 1. The fourth-order valence-electron chi connectivity index (χ4n) is 3.32. The smallest absolute Gasteiger partial charge is 0.261 e. The first kappa shape index (κ1) is 18.3. The van der Waals surface area contributed by atoms with Gasteiger partial charge in [-0.3, -0.25) is 4.79 Å². The number of carbonyl (C=O) groups is 1. The molecule has 2 aromatic rings. The van der Waals surface area contributed by atoms with Crippen LogP contribution in [0, 0.1) is 13.8 Å². The summed E-state index contributed by atoms with van der Waals surface area (Å²) in [4.78, 5) is 12.8. The van der Waals surface area contributed by atoms with Crippen LogP contribution in [0.5, 0.6) is 11.5 Å². The highest BCUT2D eigenvalue weighted by molar-refractivity contribution is 5.81. The number of hydrogen-bond acceptors (Lipinski definition) is 3. The molecule has 2 aromatic carbocycles. The molecule has 0 saturated heterocycles. The van der Waals surface area contributed by atoms with Gasteiger partial charge in [0.2, 0.25) is 0 Å². The van der Waals surface area contributed by atoms with Gasteiger partial charge in [-0.25, -0.2) is 0 Å². The molecule has 1 amide bonds. The maximum atomic E-state index is 12.8. The zero-order chi connectivity index (χ0) is 18.9. The summed E-state index contributed by atoms with van der Waals surface area (Å²) in [6.45, 7) is 9.91. The standard InChI is InChI=1S/C22H27NO3/c1-14-9-8-12-19(15(14)2)25-16(3)21(24)23-18-13-22(4,5)26-20-11-7-6-10-17(18)20/h6-12,16,18H,13H2,1-5H3,(H,23,24)/t16-,18+/m1/s1. The average Bonchev–Trinajstić information content (AvgIpc) is 2.58. The van der Waals surface area contributed by atoms with Crippen LogP contribution in [0.2, 0.25) is 0 Å². The van der Waals surface area contributed by atoms with Crippen molar-refractivity contribution in [2.24, 2.45) is 0 Å². The van der Waals surface area contributed by atoms with Crippen molar-refractivity contribution in [2.45, 2.75) is 58.8 Å². The topological polar surface area (TPSA) is 47.6 Å². The van der Waals surface area contributed by atoms with Crippen LogP contribution in [0.3, 0.4) is 0 Å². The zero-order valence-electron chi connectivity index (χ0n) is 16.1. The maximum Gasteiger partial charge on any atom is 0.261 e. The van der Waals surface area contributed by atoms with Crippen LogP contribution in [-0.4, -0.2) is 17.6 Å². The quantitative estimate of drug-likeness (QED) is 0.881. The van der Waals surface area contributed by atoms with Crippen molar-refractivity contribution < 1.29 is 14.3 Å². The normalized spacial score (nSPS) is 19.0. The van der Waals surface area contributed by atoms with Gasteiger partial charge >= 0.3 is 0 Å². The van der Waals surface area contributed by atoms with Crippen molar-refractivity contribution in [2.75, 3.05) is 0 Å². The predicted molar refractivity (Wildman–Crippen MR) is 103 cm³/mol. The maximum absolute atomic E-state index is 12.8. The van der Waals surface area contributed by atoms with Gasteiger partial charge in [-0.1, -0.05) is 30.3 Å². The molecule has 0 fully saturated rings. The molecule has 1 aliphatic heterocycles. The molecule has 0 radical (unpaired) electrons. The summed E-state index contributed by atoms with van der Waals surface area (Å²) in [6.07, 6.45) is 0.139. The van der Waals surface area contributed by atoms with E-state index in [-0.39, 0.29) is 17.6 Å². The van der Waals surface area contributed by atoms with Crippen LogP contribution in [-0.2, 0) is 4.79 Å². The molecule has 0 aliphatic carbocycles. The Kier molecular flexibility index (Phi) is 4.94. The molecule has 26 heavy (non-hydrogen) atoms. The van der Waals surface area contributed by atoms with Crippen molar-refractivity contribution in [3.8, 4) is 11.5 Å². The highest BCUT2D eigenvalue weighted by Crippen LogP contribution is 2.39. The number of amides is 1. The Labute approximate surface area is 155 Å². The van der Waals surface area contributed by atoms with Gasteiger partial charge in [-0.05, 0) is 57.9 Å². The first-order valence-electron chi connectivity index (χ1n) is 9.08. The van der Waals surface area contributed by atoms with Crippen LogP contribution in [0.25, 0.3) is 0 Å². The van der Waals surface area contributed by atoms with Gasteiger partial charge in [-0.2, -0.15) is 0 Å². The van der Waals surface area contributed by atoms with Crippen molar-refractivity contribution in [3.63, 3.8) is 0 Å². The summed E-state index contributed by atoms with van der Waals surface area (Å²) in [5.74, 6) is 1.46. The minimum Gasteiger partial charge on any atom is -0.487 e. The van der Waals surface area contributed by atoms with Crippen LogP contribution < -0.4 is 14.8 Å². The predicted octanol–water partition coefficient (Wildman–Crippen LogP) is 4.49. The minimum absolute atomic E-state index is 0.0906. The van der Waals surface area contributed by atoms with E-state index in [2.05, 4.69) is 5.32 Å². The summed E-state index contributed by atoms with van der Waals surface area (Å²) in [7, 11) is 0. The summed E-state index contributed by atoms with van der Waals surface area (Å²) < 4.78 is 12.0. The number of carbonyl (C=O) groups excluding carboxylic acids is 1. The summed E-state index contributed by atoms with van der Waals surface area (Å²) in [5, 5.41) is 3.14. The molecule has 1 heterocycles. The lowest BCUT2D eigenvalue weighted by atomic mass is 9.89. The Morgan fingerprint density at radius 3 is 2.69 bits per heavy atom.